The molecule has 0 radical (unpaired) electrons. The first-order valence-corrected chi connectivity index (χ1v) is 14.1. The Labute approximate surface area is 239 Å². The molecule has 8 aromatic rings. The molecule has 8 aromatic carbocycles. The third kappa shape index (κ3) is 4.02. The molecule has 1 heteroatoms. The van der Waals surface area contributed by atoms with E-state index in [1.807, 2.05) is 0 Å². The van der Waals surface area contributed by atoms with Gasteiger partial charge in [0.2, 0.25) is 0 Å². The minimum absolute atomic E-state index is 1.13. The van der Waals surface area contributed by atoms with Crippen LogP contribution < -0.4 is 4.90 Å². The lowest BCUT2D eigenvalue weighted by Crippen LogP contribution is -2.10. The Morgan fingerprint density at radius 2 is 0.854 bits per heavy atom. The first-order chi connectivity index (χ1) is 20.3. The van der Waals surface area contributed by atoms with Crippen molar-refractivity contribution in [3.05, 3.63) is 164 Å². The van der Waals surface area contributed by atoms with Crippen LogP contribution in [0.25, 0.3) is 54.2 Å². The number of rotatable bonds is 4. The molecule has 8 rings (SSSR count). The van der Waals surface area contributed by atoms with Gasteiger partial charge in [0.1, 0.15) is 0 Å². The van der Waals surface area contributed by atoms with Crippen molar-refractivity contribution in [3.63, 3.8) is 0 Å². The molecule has 0 N–H and O–H groups in total. The van der Waals surface area contributed by atoms with E-state index in [1.165, 1.54) is 59.9 Å². The van der Waals surface area contributed by atoms with Crippen LogP contribution in [0.4, 0.5) is 17.1 Å². The van der Waals surface area contributed by atoms with Crippen LogP contribution in [-0.2, 0) is 0 Å². The van der Waals surface area contributed by atoms with Gasteiger partial charge in [0.05, 0.1) is 5.69 Å². The predicted octanol–water partition coefficient (Wildman–Crippen LogP) is 11.4. The SMILES string of the molecule is c1ccc(-c2ccc(N(c3ccc4ccccc4c3)c3cccc4c3ccc3c5ccccc5ccc43)cc2)cc1. The zero-order valence-electron chi connectivity index (χ0n) is 22.5. The molecule has 0 heterocycles. The highest BCUT2D eigenvalue weighted by Crippen LogP contribution is 2.42. The van der Waals surface area contributed by atoms with Crippen LogP contribution in [0, 0.1) is 0 Å². The normalized spacial score (nSPS) is 11.4. The Morgan fingerprint density at radius 3 is 1.71 bits per heavy atom. The zero-order valence-corrected chi connectivity index (χ0v) is 22.5. The van der Waals surface area contributed by atoms with Crippen molar-refractivity contribution in [3.8, 4) is 11.1 Å². The second-order valence-corrected chi connectivity index (χ2v) is 10.6. The summed E-state index contributed by atoms with van der Waals surface area (Å²) in [4.78, 5) is 2.40. The van der Waals surface area contributed by atoms with E-state index in [9.17, 15) is 0 Å². The highest BCUT2D eigenvalue weighted by molar-refractivity contribution is 6.19. The molecule has 0 saturated heterocycles. The minimum Gasteiger partial charge on any atom is -0.310 e. The Hall–Kier alpha value is -5.40. The number of fused-ring (bicyclic) bond motifs is 6. The Morgan fingerprint density at radius 1 is 0.293 bits per heavy atom. The average molecular weight is 522 g/mol. The second-order valence-electron chi connectivity index (χ2n) is 10.6. The third-order valence-electron chi connectivity index (χ3n) is 8.23. The third-order valence-corrected chi connectivity index (χ3v) is 8.23. The number of benzene rings is 8. The Kier molecular flexibility index (Phi) is 5.53. The lowest BCUT2D eigenvalue weighted by molar-refractivity contribution is 1.30. The molecule has 1 nitrogen and oxygen atoms in total. The summed E-state index contributed by atoms with van der Waals surface area (Å²) in [6, 6.07) is 59.3. The fourth-order valence-corrected chi connectivity index (χ4v) is 6.21. The van der Waals surface area contributed by atoms with Crippen molar-refractivity contribution < 1.29 is 0 Å². The van der Waals surface area contributed by atoms with Gasteiger partial charge in [-0.15, -0.1) is 0 Å². The topological polar surface area (TPSA) is 3.24 Å². The quantitative estimate of drug-likeness (QED) is 0.208. The second kappa shape index (κ2) is 9.66. The average Bonchev–Trinajstić information content (AvgIpc) is 3.05. The molecule has 0 amide bonds. The lowest BCUT2D eigenvalue weighted by atomic mass is 9.96. The maximum atomic E-state index is 2.40. The fraction of sp³-hybridized carbons (Fsp3) is 0. The summed E-state index contributed by atoms with van der Waals surface area (Å²) in [5.74, 6) is 0. The van der Waals surface area contributed by atoms with Crippen LogP contribution in [0.5, 0.6) is 0 Å². The summed E-state index contributed by atoms with van der Waals surface area (Å²) >= 11 is 0. The van der Waals surface area contributed by atoms with Crippen LogP contribution in [0.15, 0.2) is 164 Å². The van der Waals surface area contributed by atoms with Gasteiger partial charge in [-0.05, 0) is 79.2 Å². The number of hydrogen-bond acceptors (Lipinski definition) is 1. The Bertz CT molecular complexity index is 2190. The van der Waals surface area contributed by atoms with E-state index in [0.717, 1.165) is 11.4 Å². The summed E-state index contributed by atoms with van der Waals surface area (Å²) in [5.41, 5.74) is 5.87. The van der Waals surface area contributed by atoms with Gasteiger partial charge in [0.25, 0.3) is 0 Å². The van der Waals surface area contributed by atoms with Gasteiger partial charge in [-0.25, -0.2) is 0 Å². The van der Waals surface area contributed by atoms with Gasteiger partial charge in [-0.1, -0.05) is 133 Å². The zero-order chi connectivity index (χ0) is 27.2. The van der Waals surface area contributed by atoms with E-state index in [4.69, 9.17) is 0 Å². The van der Waals surface area contributed by atoms with Crippen molar-refractivity contribution in [1.29, 1.82) is 0 Å². The van der Waals surface area contributed by atoms with Crippen molar-refractivity contribution in [2.24, 2.45) is 0 Å². The van der Waals surface area contributed by atoms with Crippen LogP contribution in [0.2, 0.25) is 0 Å². The van der Waals surface area contributed by atoms with Gasteiger partial charge < -0.3 is 4.90 Å². The molecule has 0 aliphatic rings. The molecule has 0 fully saturated rings. The van der Waals surface area contributed by atoms with E-state index in [1.54, 1.807) is 0 Å². The van der Waals surface area contributed by atoms with Crippen molar-refractivity contribution in [2.75, 3.05) is 4.90 Å². The molecule has 0 saturated carbocycles. The largest absolute Gasteiger partial charge is 0.310 e. The molecule has 0 unspecified atom stereocenters. The smallest absolute Gasteiger partial charge is 0.0540 e. The summed E-state index contributed by atoms with van der Waals surface area (Å²) in [6.07, 6.45) is 0. The van der Waals surface area contributed by atoms with Gasteiger partial charge in [-0.3, -0.25) is 0 Å². The molecule has 0 spiro atoms. The molecule has 0 bridgehead atoms. The molecule has 0 aliphatic carbocycles. The fourth-order valence-electron chi connectivity index (χ4n) is 6.21. The summed E-state index contributed by atoms with van der Waals surface area (Å²) in [5, 5.41) is 10.1. The maximum absolute atomic E-state index is 2.40. The molecule has 0 aromatic heterocycles. The number of anilines is 3. The minimum atomic E-state index is 1.13. The van der Waals surface area contributed by atoms with E-state index in [-0.39, 0.29) is 0 Å². The number of nitrogens with zero attached hydrogens (tertiary/aromatic N) is 1. The summed E-state index contributed by atoms with van der Waals surface area (Å²) in [7, 11) is 0. The molecule has 41 heavy (non-hydrogen) atoms. The van der Waals surface area contributed by atoms with Crippen LogP contribution in [0.1, 0.15) is 0 Å². The van der Waals surface area contributed by atoms with E-state index >= 15 is 0 Å². The van der Waals surface area contributed by atoms with Gasteiger partial charge in [0.15, 0.2) is 0 Å². The Balaban J connectivity index is 1.36. The first-order valence-electron chi connectivity index (χ1n) is 14.1. The van der Waals surface area contributed by atoms with Crippen LogP contribution in [-0.4, -0.2) is 0 Å². The summed E-state index contributed by atoms with van der Waals surface area (Å²) < 4.78 is 0. The number of hydrogen-bond donors (Lipinski definition) is 0. The van der Waals surface area contributed by atoms with Crippen molar-refractivity contribution in [1.82, 2.24) is 0 Å². The summed E-state index contributed by atoms with van der Waals surface area (Å²) in [6.45, 7) is 0. The monoisotopic (exact) mass is 521 g/mol. The predicted molar refractivity (Wildman–Crippen MR) is 177 cm³/mol. The standard InChI is InChI=1S/C40H27N/c1-2-9-28(10-3-1)30-17-21-33(22-18-30)41(34-23-19-29-11-4-5-13-32(29)27-34)40-16-8-15-36-38-24-20-31-12-6-7-14-35(31)37(38)25-26-39(36)40/h1-27H. The van der Waals surface area contributed by atoms with E-state index in [2.05, 4.69) is 169 Å². The molecule has 0 aliphatic heterocycles. The molecule has 192 valence electrons. The van der Waals surface area contributed by atoms with E-state index < -0.39 is 0 Å². The van der Waals surface area contributed by atoms with Crippen molar-refractivity contribution in [2.45, 2.75) is 0 Å². The molecular formula is C40H27N. The molecule has 0 atom stereocenters. The van der Waals surface area contributed by atoms with Crippen molar-refractivity contribution >= 4 is 60.2 Å². The highest BCUT2D eigenvalue weighted by atomic mass is 15.1. The highest BCUT2D eigenvalue weighted by Gasteiger charge is 2.17. The van der Waals surface area contributed by atoms with E-state index in [0.29, 0.717) is 0 Å². The van der Waals surface area contributed by atoms with Crippen LogP contribution >= 0.6 is 0 Å². The molecular weight excluding hydrogens is 494 g/mol. The first kappa shape index (κ1) is 23.5. The van der Waals surface area contributed by atoms with Crippen LogP contribution in [0.3, 0.4) is 0 Å². The van der Waals surface area contributed by atoms with Gasteiger partial charge >= 0.3 is 0 Å². The van der Waals surface area contributed by atoms with Gasteiger partial charge in [0, 0.05) is 16.8 Å². The lowest BCUT2D eigenvalue weighted by Gasteiger charge is -2.27. The van der Waals surface area contributed by atoms with Gasteiger partial charge in [-0.2, -0.15) is 0 Å². The maximum Gasteiger partial charge on any atom is 0.0540 e.